The number of hydrogen-bond donors (Lipinski definition) is 0. The average molecular weight is 355 g/mol. The number of ether oxygens (including phenoxy) is 1. The van der Waals surface area contributed by atoms with E-state index in [2.05, 4.69) is 39.8 Å². The summed E-state index contributed by atoms with van der Waals surface area (Å²) in [7, 11) is 1.34. The zero-order valence-corrected chi connectivity index (χ0v) is 16.7. The van der Waals surface area contributed by atoms with Gasteiger partial charge in [-0.1, -0.05) is 58.4 Å². The molecule has 0 N–H and O–H groups in total. The van der Waals surface area contributed by atoms with Crippen LogP contribution >= 0.6 is 0 Å². The number of unbranched alkanes of at least 4 members (excludes halogenated alkanes) is 1. The Balaban J connectivity index is 2.43. The van der Waals surface area contributed by atoms with E-state index in [1.165, 1.54) is 12.7 Å². The van der Waals surface area contributed by atoms with Gasteiger partial charge in [0.2, 0.25) is 0 Å². The monoisotopic (exact) mass is 355 g/mol. The first kappa shape index (κ1) is 20.0. The van der Waals surface area contributed by atoms with Gasteiger partial charge in [-0.15, -0.1) is 0 Å². The number of esters is 1. The molecule has 0 saturated heterocycles. The molecule has 1 amide bonds. The van der Waals surface area contributed by atoms with Crippen LogP contribution in [0.4, 0.5) is 0 Å². The molecule has 0 fully saturated rings. The summed E-state index contributed by atoms with van der Waals surface area (Å²) in [6.45, 7) is 11.0. The van der Waals surface area contributed by atoms with Crippen LogP contribution in [0.3, 0.4) is 0 Å². The van der Waals surface area contributed by atoms with Crippen molar-refractivity contribution in [2.45, 2.75) is 52.9 Å². The van der Waals surface area contributed by atoms with Crippen LogP contribution in [-0.2, 0) is 19.7 Å². The summed E-state index contributed by atoms with van der Waals surface area (Å²) in [4.78, 5) is 26.9. The Morgan fingerprint density at radius 3 is 2.31 bits per heavy atom. The molecule has 4 heteroatoms. The van der Waals surface area contributed by atoms with Crippen LogP contribution in [0.1, 0.15) is 58.6 Å². The van der Waals surface area contributed by atoms with Crippen molar-refractivity contribution in [2.75, 3.05) is 13.7 Å². The number of allylic oxidation sites excluding steroid dienone is 1. The van der Waals surface area contributed by atoms with Gasteiger partial charge in [0, 0.05) is 12.2 Å². The zero-order chi connectivity index (χ0) is 19.5. The Kier molecular flexibility index (Phi) is 6.06. The van der Waals surface area contributed by atoms with E-state index in [0.717, 1.165) is 18.4 Å². The molecule has 26 heavy (non-hydrogen) atoms. The Morgan fingerprint density at radius 2 is 1.81 bits per heavy atom. The third-order valence-electron chi connectivity index (χ3n) is 4.72. The molecular formula is C22H29NO3. The lowest BCUT2D eigenvalue weighted by Crippen LogP contribution is -2.26. The number of benzene rings is 1. The summed E-state index contributed by atoms with van der Waals surface area (Å²) in [5.41, 5.74) is 3.64. The molecule has 0 unspecified atom stereocenters. The first-order valence-electron chi connectivity index (χ1n) is 9.14. The highest BCUT2D eigenvalue weighted by Gasteiger charge is 2.36. The van der Waals surface area contributed by atoms with E-state index in [1.54, 1.807) is 11.0 Å². The van der Waals surface area contributed by atoms with E-state index >= 15 is 0 Å². The van der Waals surface area contributed by atoms with Crippen molar-refractivity contribution >= 4 is 18.0 Å². The minimum absolute atomic E-state index is 0.0689. The van der Waals surface area contributed by atoms with E-state index in [9.17, 15) is 9.59 Å². The minimum Gasteiger partial charge on any atom is -0.465 e. The minimum atomic E-state index is -0.465. The fourth-order valence-corrected chi connectivity index (χ4v) is 3.06. The van der Waals surface area contributed by atoms with Crippen LogP contribution in [-0.4, -0.2) is 30.4 Å². The molecule has 0 aliphatic carbocycles. The first-order chi connectivity index (χ1) is 12.2. The Hall–Kier alpha value is -2.36. The van der Waals surface area contributed by atoms with Crippen molar-refractivity contribution in [3.05, 3.63) is 52.2 Å². The molecule has 0 atom stereocenters. The van der Waals surface area contributed by atoms with Crippen LogP contribution in [0.15, 0.2) is 41.1 Å². The lowest BCUT2D eigenvalue weighted by molar-refractivity contribution is -0.136. The van der Waals surface area contributed by atoms with Gasteiger partial charge in [0.05, 0.1) is 18.3 Å². The smallest absolute Gasteiger partial charge is 0.340 e. The lowest BCUT2D eigenvalue weighted by atomic mass is 9.86. The highest BCUT2D eigenvalue weighted by Crippen LogP contribution is 2.32. The topological polar surface area (TPSA) is 46.6 Å². The molecule has 1 aromatic rings. The van der Waals surface area contributed by atoms with Gasteiger partial charge in [-0.25, -0.2) is 4.79 Å². The molecule has 0 saturated carbocycles. The highest BCUT2D eigenvalue weighted by atomic mass is 16.5. The third kappa shape index (κ3) is 4.06. The van der Waals surface area contributed by atoms with Gasteiger partial charge in [0.25, 0.3) is 5.91 Å². The number of nitrogens with zero attached hydrogens (tertiary/aromatic N) is 1. The maximum Gasteiger partial charge on any atom is 0.340 e. The van der Waals surface area contributed by atoms with E-state index < -0.39 is 5.97 Å². The SMILES string of the molecule is CCCCN1C(=O)/C(=C\c2ccc(C(C)(C)C)cc2)C(C(=O)OC)=C1C. The quantitative estimate of drug-likeness (QED) is 0.579. The number of hydrogen-bond acceptors (Lipinski definition) is 3. The number of carbonyl (C=O) groups excluding carboxylic acids is 2. The summed E-state index contributed by atoms with van der Waals surface area (Å²) in [5, 5.41) is 0. The molecule has 0 bridgehead atoms. The van der Waals surface area contributed by atoms with Crippen molar-refractivity contribution in [1.29, 1.82) is 0 Å². The summed E-state index contributed by atoms with van der Waals surface area (Å²) in [5.74, 6) is -0.594. The first-order valence-corrected chi connectivity index (χ1v) is 9.14. The maximum absolute atomic E-state index is 12.9. The van der Waals surface area contributed by atoms with Crippen molar-refractivity contribution in [2.24, 2.45) is 0 Å². The molecule has 0 spiro atoms. The number of rotatable bonds is 5. The predicted molar refractivity (Wildman–Crippen MR) is 104 cm³/mol. The molecule has 1 heterocycles. The van der Waals surface area contributed by atoms with Gasteiger partial charge in [0.1, 0.15) is 0 Å². The molecule has 0 aromatic heterocycles. The predicted octanol–water partition coefficient (Wildman–Crippen LogP) is 4.46. The summed E-state index contributed by atoms with van der Waals surface area (Å²) in [6, 6.07) is 8.10. The molecule has 1 aromatic carbocycles. The third-order valence-corrected chi connectivity index (χ3v) is 4.72. The summed E-state index contributed by atoms with van der Waals surface area (Å²) < 4.78 is 4.92. The number of carbonyl (C=O) groups is 2. The van der Waals surface area contributed by atoms with E-state index in [-0.39, 0.29) is 11.3 Å². The standard InChI is InChI=1S/C22H29NO3/c1-7-8-13-23-15(2)19(21(25)26-6)18(20(23)24)14-16-9-11-17(12-10-16)22(3,4)5/h9-12,14H,7-8,13H2,1-6H3/b18-14-. The van der Waals surface area contributed by atoms with E-state index in [1.807, 2.05) is 19.1 Å². The fourth-order valence-electron chi connectivity index (χ4n) is 3.06. The van der Waals surface area contributed by atoms with Crippen molar-refractivity contribution in [1.82, 2.24) is 4.90 Å². The molecule has 1 aliphatic heterocycles. The van der Waals surface area contributed by atoms with Gasteiger partial charge in [-0.3, -0.25) is 4.79 Å². The second-order valence-corrected chi connectivity index (χ2v) is 7.69. The Labute approximate surface area is 156 Å². The Bertz CT molecular complexity index is 749. The summed E-state index contributed by atoms with van der Waals surface area (Å²) in [6.07, 6.45) is 3.67. The van der Waals surface area contributed by atoms with Crippen LogP contribution in [0, 0.1) is 0 Å². The zero-order valence-electron chi connectivity index (χ0n) is 16.7. The van der Waals surface area contributed by atoms with Crippen LogP contribution in [0.5, 0.6) is 0 Å². The van der Waals surface area contributed by atoms with Crippen molar-refractivity contribution in [3.63, 3.8) is 0 Å². The molecule has 2 rings (SSSR count). The number of methoxy groups -OCH3 is 1. The molecule has 4 nitrogen and oxygen atoms in total. The molecule has 1 aliphatic rings. The van der Waals surface area contributed by atoms with Crippen molar-refractivity contribution in [3.8, 4) is 0 Å². The normalized spacial score (nSPS) is 16.6. The van der Waals surface area contributed by atoms with E-state index in [4.69, 9.17) is 4.74 Å². The van der Waals surface area contributed by atoms with Gasteiger partial charge in [-0.2, -0.15) is 0 Å². The lowest BCUT2D eigenvalue weighted by Gasteiger charge is -2.19. The summed E-state index contributed by atoms with van der Waals surface area (Å²) >= 11 is 0. The second-order valence-electron chi connectivity index (χ2n) is 7.69. The number of amides is 1. The molecule has 140 valence electrons. The van der Waals surface area contributed by atoms with Crippen LogP contribution in [0.2, 0.25) is 0 Å². The van der Waals surface area contributed by atoms with Gasteiger partial charge in [0.15, 0.2) is 0 Å². The molecule has 0 radical (unpaired) electrons. The fraction of sp³-hybridized carbons (Fsp3) is 0.455. The Morgan fingerprint density at radius 1 is 1.19 bits per heavy atom. The van der Waals surface area contributed by atoms with Crippen molar-refractivity contribution < 1.29 is 14.3 Å². The van der Waals surface area contributed by atoms with Gasteiger partial charge >= 0.3 is 5.97 Å². The highest BCUT2D eigenvalue weighted by molar-refractivity contribution is 6.16. The second kappa shape index (κ2) is 7.90. The van der Waals surface area contributed by atoms with Crippen LogP contribution < -0.4 is 0 Å². The maximum atomic E-state index is 12.9. The van der Waals surface area contributed by atoms with Gasteiger partial charge in [-0.05, 0) is 36.0 Å². The van der Waals surface area contributed by atoms with E-state index in [0.29, 0.717) is 23.4 Å². The van der Waals surface area contributed by atoms with Crippen LogP contribution in [0.25, 0.3) is 6.08 Å². The molecular weight excluding hydrogens is 326 g/mol. The average Bonchev–Trinajstić information content (AvgIpc) is 2.82. The van der Waals surface area contributed by atoms with Gasteiger partial charge < -0.3 is 9.64 Å². The largest absolute Gasteiger partial charge is 0.465 e.